The average Bonchev–Trinajstić information content (AvgIpc) is 2.68. The molecule has 7 heteroatoms. The summed E-state index contributed by atoms with van der Waals surface area (Å²) in [5.74, 6) is -0.385. The van der Waals surface area contributed by atoms with Crippen LogP contribution in [-0.2, 0) is 9.59 Å². The van der Waals surface area contributed by atoms with Gasteiger partial charge >= 0.3 is 0 Å². The zero-order valence-corrected chi connectivity index (χ0v) is 16.6. The number of nitrogens with zero attached hydrogens (tertiary/aromatic N) is 1. The summed E-state index contributed by atoms with van der Waals surface area (Å²) in [6.45, 7) is 5.82. The van der Waals surface area contributed by atoms with Crippen LogP contribution in [0.4, 0.5) is 5.69 Å². The van der Waals surface area contributed by atoms with Crippen LogP contribution in [0.15, 0.2) is 42.0 Å². The predicted octanol–water partition coefficient (Wildman–Crippen LogP) is 3.11. The first-order valence-corrected chi connectivity index (χ1v) is 9.02. The molecule has 0 saturated heterocycles. The van der Waals surface area contributed by atoms with Crippen LogP contribution in [-0.4, -0.2) is 25.0 Å². The van der Waals surface area contributed by atoms with Gasteiger partial charge in [-0.2, -0.15) is 5.26 Å². The van der Waals surface area contributed by atoms with Crippen molar-refractivity contribution in [3.8, 4) is 17.6 Å². The largest absolute Gasteiger partial charge is 0.490 e. The van der Waals surface area contributed by atoms with Crippen molar-refractivity contribution in [2.45, 2.75) is 20.8 Å². The number of amides is 2. The molecule has 0 aliphatic heterocycles. The van der Waals surface area contributed by atoms with E-state index in [1.807, 2.05) is 32.0 Å². The fourth-order valence-electron chi connectivity index (χ4n) is 2.48. The van der Waals surface area contributed by atoms with Gasteiger partial charge in [0.05, 0.1) is 6.61 Å². The summed E-state index contributed by atoms with van der Waals surface area (Å²) in [7, 11) is 0. The van der Waals surface area contributed by atoms with E-state index < -0.39 is 11.8 Å². The molecule has 0 saturated carbocycles. The van der Waals surface area contributed by atoms with E-state index in [2.05, 4.69) is 5.32 Å². The summed E-state index contributed by atoms with van der Waals surface area (Å²) in [6, 6.07) is 12.3. The molecule has 0 spiro atoms. The Morgan fingerprint density at radius 2 is 1.86 bits per heavy atom. The molecule has 7 nitrogen and oxygen atoms in total. The monoisotopic (exact) mass is 393 g/mol. The summed E-state index contributed by atoms with van der Waals surface area (Å²) in [5.41, 5.74) is 8.38. The van der Waals surface area contributed by atoms with Gasteiger partial charge < -0.3 is 20.5 Å². The van der Waals surface area contributed by atoms with Gasteiger partial charge in [0.25, 0.3) is 11.8 Å². The Bertz CT molecular complexity index is 990. The second kappa shape index (κ2) is 9.95. The summed E-state index contributed by atoms with van der Waals surface area (Å²) >= 11 is 0. The van der Waals surface area contributed by atoms with Crippen molar-refractivity contribution in [2.75, 3.05) is 18.5 Å². The number of nitrogens with one attached hydrogen (secondary N) is 1. The summed E-state index contributed by atoms with van der Waals surface area (Å²) in [4.78, 5) is 23.4. The molecule has 0 radical (unpaired) electrons. The molecular weight excluding hydrogens is 370 g/mol. The fraction of sp³-hybridized carbons (Fsp3) is 0.227. The lowest BCUT2D eigenvalue weighted by atomic mass is 10.1. The maximum atomic E-state index is 12.5. The highest BCUT2D eigenvalue weighted by atomic mass is 16.5. The van der Waals surface area contributed by atoms with Crippen LogP contribution in [0.3, 0.4) is 0 Å². The Morgan fingerprint density at radius 3 is 2.48 bits per heavy atom. The van der Waals surface area contributed by atoms with E-state index in [1.165, 1.54) is 6.08 Å². The Balaban J connectivity index is 2.25. The zero-order chi connectivity index (χ0) is 21.4. The second-order valence-corrected chi connectivity index (χ2v) is 6.32. The summed E-state index contributed by atoms with van der Waals surface area (Å²) in [5, 5.41) is 12.1. The van der Waals surface area contributed by atoms with Crippen molar-refractivity contribution >= 4 is 23.6 Å². The van der Waals surface area contributed by atoms with Gasteiger partial charge in [0, 0.05) is 5.69 Å². The topological polar surface area (TPSA) is 114 Å². The van der Waals surface area contributed by atoms with Gasteiger partial charge in [-0.1, -0.05) is 12.1 Å². The van der Waals surface area contributed by atoms with E-state index >= 15 is 0 Å². The standard InChI is InChI=1S/C22H23N3O4/c1-4-28-20-11-16(6-8-19(20)29-13-21(24)26)10-17(12-23)22(27)25-18-7-5-14(2)15(3)9-18/h5-11H,4,13H2,1-3H3,(H2,24,26)(H,25,27)/b17-10-. The van der Waals surface area contributed by atoms with E-state index in [0.29, 0.717) is 29.4 Å². The van der Waals surface area contributed by atoms with E-state index in [0.717, 1.165) is 11.1 Å². The molecule has 29 heavy (non-hydrogen) atoms. The number of hydrogen-bond acceptors (Lipinski definition) is 5. The minimum Gasteiger partial charge on any atom is -0.490 e. The molecular formula is C22H23N3O4. The van der Waals surface area contributed by atoms with Crippen LogP contribution in [0.2, 0.25) is 0 Å². The minimum absolute atomic E-state index is 0.0588. The molecule has 0 bridgehead atoms. The highest BCUT2D eigenvalue weighted by molar-refractivity contribution is 6.09. The molecule has 2 amide bonds. The number of hydrogen-bond donors (Lipinski definition) is 2. The van der Waals surface area contributed by atoms with E-state index in [1.54, 1.807) is 31.2 Å². The number of benzene rings is 2. The fourth-order valence-corrected chi connectivity index (χ4v) is 2.48. The van der Waals surface area contributed by atoms with Crippen molar-refractivity contribution < 1.29 is 19.1 Å². The molecule has 3 N–H and O–H groups in total. The van der Waals surface area contributed by atoms with Crippen LogP contribution in [0, 0.1) is 25.2 Å². The number of rotatable bonds is 8. The molecule has 0 fully saturated rings. The summed E-state index contributed by atoms with van der Waals surface area (Å²) < 4.78 is 10.8. The van der Waals surface area contributed by atoms with Crippen LogP contribution in [0.25, 0.3) is 6.08 Å². The van der Waals surface area contributed by atoms with E-state index in [9.17, 15) is 14.9 Å². The highest BCUT2D eigenvalue weighted by Gasteiger charge is 2.12. The van der Waals surface area contributed by atoms with E-state index in [4.69, 9.17) is 15.2 Å². The Kier molecular flexibility index (Phi) is 7.38. The van der Waals surface area contributed by atoms with Crippen molar-refractivity contribution in [2.24, 2.45) is 5.73 Å². The quantitative estimate of drug-likeness (QED) is 0.528. The van der Waals surface area contributed by atoms with Crippen LogP contribution < -0.4 is 20.5 Å². The number of anilines is 1. The third-order valence-corrected chi connectivity index (χ3v) is 4.08. The number of ether oxygens (including phenoxy) is 2. The SMILES string of the molecule is CCOc1cc(/C=C(/C#N)C(=O)Nc2ccc(C)c(C)c2)ccc1OCC(N)=O. The van der Waals surface area contributed by atoms with Crippen LogP contribution in [0.1, 0.15) is 23.6 Å². The lowest BCUT2D eigenvalue weighted by molar-refractivity contribution is -0.120. The molecule has 0 unspecified atom stereocenters. The second-order valence-electron chi connectivity index (χ2n) is 6.32. The van der Waals surface area contributed by atoms with Gasteiger partial charge in [0.1, 0.15) is 11.6 Å². The average molecular weight is 393 g/mol. The number of primary amides is 1. The lowest BCUT2D eigenvalue weighted by Crippen LogP contribution is -2.20. The number of nitrogens with two attached hydrogens (primary N) is 1. The normalized spacial score (nSPS) is 10.8. The van der Waals surface area contributed by atoms with Crippen molar-refractivity contribution in [3.05, 3.63) is 58.7 Å². The molecule has 2 rings (SSSR count). The van der Waals surface area contributed by atoms with Gasteiger partial charge in [0.15, 0.2) is 18.1 Å². The summed E-state index contributed by atoms with van der Waals surface area (Å²) in [6.07, 6.45) is 1.46. The molecule has 2 aromatic carbocycles. The Labute approximate surface area is 169 Å². The maximum Gasteiger partial charge on any atom is 0.266 e. The zero-order valence-electron chi connectivity index (χ0n) is 16.6. The number of nitriles is 1. The number of aryl methyl sites for hydroxylation is 2. The van der Waals surface area contributed by atoms with E-state index in [-0.39, 0.29) is 12.2 Å². The Morgan fingerprint density at radius 1 is 1.10 bits per heavy atom. The third kappa shape index (κ3) is 6.11. The molecule has 0 atom stereocenters. The number of carbonyl (C=O) groups is 2. The van der Waals surface area contributed by atoms with Gasteiger partial charge in [-0.25, -0.2) is 0 Å². The first-order chi connectivity index (χ1) is 13.8. The van der Waals surface area contributed by atoms with Crippen molar-refractivity contribution in [1.82, 2.24) is 0 Å². The maximum absolute atomic E-state index is 12.5. The van der Waals surface area contributed by atoms with Crippen LogP contribution in [0.5, 0.6) is 11.5 Å². The van der Waals surface area contributed by atoms with Crippen LogP contribution >= 0.6 is 0 Å². The predicted molar refractivity (Wildman–Crippen MR) is 110 cm³/mol. The minimum atomic E-state index is -0.605. The van der Waals surface area contributed by atoms with Gasteiger partial charge in [-0.05, 0) is 67.8 Å². The number of carbonyl (C=O) groups excluding carboxylic acids is 2. The highest BCUT2D eigenvalue weighted by Crippen LogP contribution is 2.29. The van der Waals surface area contributed by atoms with Gasteiger partial charge in [0.2, 0.25) is 0 Å². The molecule has 0 heterocycles. The van der Waals surface area contributed by atoms with Gasteiger partial charge in [-0.3, -0.25) is 9.59 Å². The van der Waals surface area contributed by atoms with Gasteiger partial charge in [-0.15, -0.1) is 0 Å². The van der Waals surface area contributed by atoms with Crippen molar-refractivity contribution in [1.29, 1.82) is 5.26 Å². The lowest BCUT2D eigenvalue weighted by Gasteiger charge is -2.12. The smallest absolute Gasteiger partial charge is 0.266 e. The Hall–Kier alpha value is -3.79. The molecule has 0 aliphatic rings. The molecule has 150 valence electrons. The molecule has 0 aromatic heterocycles. The van der Waals surface area contributed by atoms with Crippen molar-refractivity contribution in [3.63, 3.8) is 0 Å². The third-order valence-electron chi connectivity index (χ3n) is 4.08. The molecule has 2 aromatic rings. The molecule has 0 aliphatic carbocycles. The first kappa shape index (κ1) is 21.5. The first-order valence-electron chi connectivity index (χ1n) is 9.02.